The van der Waals surface area contributed by atoms with Gasteiger partial charge in [0.25, 0.3) is 0 Å². The third-order valence-corrected chi connectivity index (χ3v) is 8.95. The average molecular weight is 192 g/mol. The molecule has 0 aliphatic carbocycles. The van der Waals surface area contributed by atoms with E-state index in [9.17, 15) is 0 Å². The summed E-state index contributed by atoms with van der Waals surface area (Å²) in [7, 11) is -0.551. The fraction of sp³-hybridized carbons (Fsp3) is 1.00. The fourth-order valence-corrected chi connectivity index (χ4v) is 7.84. The van der Waals surface area contributed by atoms with Crippen LogP contribution in [0.1, 0.15) is 12.8 Å². The molecule has 0 aromatic rings. The van der Waals surface area contributed by atoms with Gasteiger partial charge in [-0.25, -0.2) is 0 Å². The summed E-state index contributed by atoms with van der Waals surface area (Å²) in [6.07, 6.45) is 3.15. The average Bonchev–Trinajstić information content (AvgIpc) is 2.39. The molecule has 0 aromatic heterocycles. The second kappa shape index (κ2) is 3.92. The van der Waals surface area contributed by atoms with Gasteiger partial charge in [0.05, 0.1) is 21.2 Å². The summed E-state index contributed by atoms with van der Waals surface area (Å²) < 4.78 is 0. The maximum atomic E-state index is 2.51. The number of rotatable bonds is 0. The highest BCUT2D eigenvalue weighted by Gasteiger charge is 2.38. The van der Waals surface area contributed by atoms with Crippen LogP contribution in [0.15, 0.2) is 0 Å². The van der Waals surface area contributed by atoms with E-state index in [4.69, 9.17) is 0 Å². The van der Waals surface area contributed by atoms with Gasteiger partial charge in [-0.2, -0.15) is 0 Å². The number of nitrogens with two attached hydrogens (primary N) is 1. The van der Waals surface area contributed by atoms with Crippen molar-refractivity contribution in [3.63, 3.8) is 0 Å². The molecular weight excluding hydrogens is 174 g/mol. The van der Waals surface area contributed by atoms with Gasteiger partial charge in [0, 0.05) is 0 Å². The van der Waals surface area contributed by atoms with Gasteiger partial charge in [-0.15, -0.1) is 0 Å². The van der Waals surface area contributed by atoms with Gasteiger partial charge in [0.2, 0.25) is 0 Å². The van der Waals surface area contributed by atoms with E-state index in [0.717, 1.165) is 0 Å². The van der Waals surface area contributed by atoms with Crippen LogP contribution >= 0.6 is 0 Å². The van der Waals surface area contributed by atoms with Crippen molar-refractivity contribution in [3.05, 3.63) is 0 Å². The Morgan fingerprint density at radius 1 is 0.818 bits per heavy atom. The minimum atomic E-state index is -0.551. The molecule has 3 heteroatoms. The molecule has 0 atom stereocenters. The number of hydrogen-bond acceptors (Lipinski definition) is 0. The lowest BCUT2D eigenvalue weighted by Gasteiger charge is -2.29. The van der Waals surface area contributed by atoms with E-state index in [-0.39, 0.29) is 12.4 Å². The van der Waals surface area contributed by atoms with Crippen molar-refractivity contribution >= 4 is 8.07 Å². The molecule has 66 valence electrons. The van der Waals surface area contributed by atoms with Gasteiger partial charge in [-0.3, -0.25) is 0 Å². The van der Waals surface area contributed by atoms with Crippen molar-refractivity contribution in [2.24, 2.45) is 0 Å². The van der Waals surface area contributed by atoms with Gasteiger partial charge in [-0.05, 0) is 12.1 Å². The van der Waals surface area contributed by atoms with Crippen LogP contribution in [-0.4, -0.2) is 21.2 Å². The molecule has 2 saturated heterocycles. The minimum absolute atomic E-state index is 0. The van der Waals surface area contributed by atoms with Gasteiger partial charge in [-0.1, -0.05) is 24.9 Å². The third kappa shape index (κ3) is 1.98. The zero-order valence-electron chi connectivity index (χ0n) is 7.11. The Bertz CT molecular complexity index is 115. The predicted molar refractivity (Wildman–Crippen MR) is 45.9 cm³/mol. The van der Waals surface area contributed by atoms with Crippen molar-refractivity contribution in [3.8, 4) is 0 Å². The maximum absolute atomic E-state index is 2.51. The Kier molecular flexibility index (Phi) is 3.41. The van der Waals surface area contributed by atoms with Crippen LogP contribution in [0.4, 0.5) is 0 Å². The van der Waals surface area contributed by atoms with Gasteiger partial charge in [0.15, 0.2) is 0 Å². The van der Waals surface area contributed by atoms with Crippen molar-refractivity contribution in [2.45, 2.75) is 37.0 Å². The van der Waals surface area contributed by atoms with Crippen molar-refractivity contribution < 1.29 is 17.7 Å². The van der Waals surface area contributed by atoms with Crippen LogP contribution in [0, 0.1) is 0 Å². The molecule has 2 N–H and O–H groups in total. The predicted octanol–water partition coefficient (Wildman–Crippen LogP) is -2.19. The summed E-state index contributed by atoms with van der Waals surface area (Å²) in [4.78, 5) is 0. The molecule has 11 heavy (non-hydrogen) atoms. The van der Waals surface area contributed by atoms with Crippen molar-refractivity contribution in [1.82, 2.24) is 0 Å². The van der Waals surface area contributed by atoms with E-state index in [0.29, 0.717) is 0 Å². The molecule has 0 amide bonds. The van der Waals surface area contributed by atoms with Crippen LogP contribution in [0.5, 0.6) is 0 Å². The third-order valence-electron chi connectivity index (χ3n) is 3.42. The van der Waals surface area contributed by atoms with Gasteiger partial charge < -0.3 is 17.7 Å². The first-order chi connectivity index (χ1) is 4.91. The SMILES string of the molecule is C1CC[Si]2(C1)CC[NH2+]CC2.[Cl-]. The van der Waals surface area contributed by atoms with Crippen molar-refractivity contribution in [1.29, 1.82) is 0 Å². The highest BCUT2D eigenvalue weighted by molar-refractivity contribution is 6.80. The molecule has 0 unspecified atom stereocenters. The lowest BCUT2D eigenvalue weighted by Crippen LogP contribution is -3.00. The first kappa shape index (κ1) is 9.55. The van der Waals surface area contributed by atoms with E-state index in [2.05, 4.69) is 5.32 Å². The molecule has 1 nitrogen and oxygen atoms in total. The van der Waals surface area contributed by atoms with E-state index < -0.39 is 8.07 Å². The molecule has 0 radical (unpaired) electrons. The van der Waals surface area contributed by atoms with Crippen LogP contribution < -0.4 is 17.7 Å². The molecule has 0 bridgehead atoms. The first-order valence-corrected chi connectivity index (χ1v) is 7.56. The monoisotopic (exact) mass is 191 g/mol. The standard InChI is InChI=1S/C8H17NSi.ClH/c1-2-6-10(5-1)7-3-9-4-8-10;/h9H,1-8H2;1H. The maximum Gasteiger partial charge on any atom is 0.0731 e. The molecule has 1 spiro atoms. The first-order valence-electron chi connectivity index (χ1n) is 4.73. The molecule has 2 aliphatic heterocycles. The summed E-state index contributed by atoms with van der Waals surface area (Å²) in [5.41, 5.74) is 0. The van der Waals surface area contributed by atoms with Crippen molar-refractivity contribution in [2.75, 3.05) is 13.1 Å². The Labute approximate surface area is 76.4 Å². The lowest BCUT2D eigenvalue weighted by atomic mass is 10.4. The van der Waals surface area contributed by atoms with Crippen LogP contribution in [0.25, 0.3) is 0 Å². The van der Waals surface area contributed by atoms with E-state index in [1.54, 1.807) is 37.0 Å². The molecule has 0 saturated carbocycles. The zero-order chi connectivity index (χ0) is 6.86. The van der Waals surface area contributed by atoms with E-state index in [1.807, 2.05) is 0 Å². The van der Waals surface area contributed by atoms with Crippen LogP contribution in [-0.2, 0) is 0 Å². The van der Waals surface area contributed by atoms with Gasteiger partial charge >= 0.3 is 0 Å². The highest BCUT2D eigenvalue weighted by Crippen LogP contribution is 2.36. The summed E-state index contributed by atoms with van der Waals surface area (Å²) in [6, 6.07) is 6.65. The van der Waals surface area contributed by atoms with Gasteiger partial charge in [0.1, 0.15) is 0 Å². The zero-order valence-corrected chi connectivity index (χ0v) is 8.87. The molecule has 2 rings (SSSR count). The molecule has 2 aliphatic rings. The largest absolute Gasteiger partial charge is 1.00 e. The number of quaternary nitrogens is 1. The smallest absolute Gasteiger partial charge is 0.0731 e. The summed E-state index contributed by atoms with van der Waals surface area (Å²) in [5.74, 6) is 0. The number of hydrogen-bond donors (Lipinski definition) is 1. The Hall–Kier alpha value is 0.467. The van der Waals surface area contributed by atoms with Crippen LogP contribution in [0.3, 0.4) is 0 Å². The number of halogens is 1. The molecule has 2 heterocycles. The summed E-state index contributed by atoms with van der Waals surface area (Å²) in [5, 5.41) is 2.51. The van der Waals surface area contributed by atoms with Crippen LogP contribution in [0.2, 0.25) is 24.2 Å². The normalized spacial score (nSPS) is 28.4. The lowest BCUT2D eigenvalue weighted by molar-refractivity contribution is -0.651. The second-order valence-corrected chi connectivity index (χ2v) is 9.07. The van der Waals surface area contributed by atoms with E-state index in [1.165, 1.54) is 13.1 Å². The molecular formula is C8H18ClNSi. The fourth-order valence-electron chi connectivity index (χ4n) is 2.71. The summed E-state index contributed by atoms with van der Waals surface area (Å²) >= 11 is 0. The Morgan fingerprint density at radius 3 is 1.91 bits per heavy atom. The minimum Gasteiger partial charge on any atom is -1.00 e. The molecule has 2 fully saturated rings. The highest BCUT2D eigenvalue weighted by atomic mass is 35.5. The van der Waals surface area contributed by atoms with E-state index >= 15 is 0 Å². The molecule has 0 aromatic carbocycles. The quantitative estimate of drug-likeness (QED) is 0.419. The second-order valence-electron chi connectivity index (χ2n) is 4.07. The summed E-state index contributed by atoms with van der Waals surface area (Å²) in [6.45, 7) is 2.93. The topological polar surface area (TPSA) is 16.6 Å². The Morgan fingerprint density at radius 2 is 1.36 bits per heavy atom. The Balaban J connectivity index is 0.000000605.